The lowest BCUT2D eigenvalue weighted by atomic mass is 10.3. The summed E-state index contributed by atoms with van der Waals surface area (Å²) >= 11 is 11.4. The van der Waals surface area contributed by atoms with Crippen molar-refractivity contribution in [3.63, 3.8) is 0 Å². The van der Waals surface area contributed by atoms with Gasteiger partial charge in [0.25, 0.3) is 0 Å². The van der Waals surface area contributed by atoms with Crippen molar-refractivity contribution < 1.29 is 4.92 Å². The van der Waals surface area contributed by atoms with Crippen molar-refractivity contribution in [1.29, 1.82) is 0 Å². The van der Waals surface area contributed by atoms with Crippen LogP contribution in [-0.2, 0) is 0 Å². The Hall–Kier alpha value is -1.07. The van der Waals surface area contributed by atoms with Gasteiger partial charge in [-0.15, -0.1) is 0 Å². The Bertz CT molecular complexity index is 370. The minimum atomic E-state index is -0.562. The number of nitrogens with one attached hydrogen (secondary N) is 1. The molecule has 1 heterocycles. The number of nitro groups is 1. The summed E-state index contributed by atoms with van der Waals surface area (Å²) in [5.74, 6) is 0. The van der Waals surface area contributed by atoms with Gasteiger partial charge in [0, 0.05) is 6.54 Å². The summed E-state index contributed by atoms with van der Waals surface area (Å²) in [6, 6.07) is 0. The molecule has 0 saturated carbocycles. The van der Waals surface area contributed by atoms with E-state index in [-0.39, 0.29) is 21.6 Å². The molecule has 0 aliphatic carbocycles. The second-order valence-corrected chi connectivity index (χ2v) is 3.15. The third kappa shape index (κ3) is 2.05. The third-order valence-corrected chi connectivity index (χ3v) is 2.26. The van der Waals surface area contributed by atoms with Crippen LogP contribution in [0.5, 0.6) is 0 Å². The molecular weight excluding hydrogens is 229 g/mol. The van der Waals surface area contributed by atoms with Gasteiger partial charge in [0.15, 0.2) is 0 Å². The zero-order valence-electron chi connectivity index (χ0n) is 7.25. The largest absolute Gasteiger partial charge is 0.378 e. The lowest BCUT2D eigenvalue weighted by Crippen LogP contribution is -2.03. The first-order chi connectivity index (χ1) is 6.57. The Kier molecular flexibility index (Phi) is 3.49. The van der Waals surface area contributed by atoms with Crippen LogP contribution in [0.4, 0.5) is 11.4 Å². The first-order valence-corrected chi connectivity index (χ1v) is 4.55. The molecule has 0 fully saturated rings. The number of hydrogen-bond donors (Lipinski definition) is 1. The molecule has 0 radical (unpaired) electrons. The van der Waals surface area contributed by atoms with Crippen LogP contribution in [0.25, 0.3) is 0 Å². The second-order valence-electron chi connectivity index (χ2n) is 2.41. The van der Waals surface area contributed by atoms with Gasteiger partial charge in [-0.2, -0.15) is 0 Å². The van der Waals surface area contributed by atoms with E-state index in [1.807, 2.05) is 0 Å². The van der Waals surface area contributed by atoms with Crippen molar-refractivity contribution >= 4 is 34.6 Å². The first kappa shape index (κ1) is 11.0. The molecule has 1 aromatic heterocycles. The Morgan fingerprint density at radius 2 is 2.29 bits per heavy atom. The molecule has 0 unspecified atom stereocenters. The Balaban J connectivity index is 3.29. The minimum absolute atomic E-state index is 0.0493. The average molecular weight is 236 g/mol. The SMILES string of the molecule is CCNc1c([N+](=O)[O-])cnc(Cl)c1Cl. The number of halogens is 2. The normalized spacial score (nSPS) is 9.93. The lowest BCUT2D eigenvalue weighted by Gasteiger charge is -2.06. The fraction of sp³-hybridized carbons (Fsp3) is 0.286. The zero-order valence-corrected chi connectivity index (χ0v) is 8.76. The van der Waals surface area contributed by atoms with Gasteiger partial charge in [0.2, 0.25) is 0 Å². The molecule has 0 amide bonds. The summed E-state index contributed by atoms with van der Waals surface area (Å²) in [4.78, 5) is 13.6. The molecular formula is C7H7Cl2N3O2. The van der Waals surface area contributed by atoms with E-state index >= 15 is 0 Å². The van der Waals surface area contributed by atoms with Crippen LogP contribution in [-0.4, -0.2) is 16.5 Å². The van der Waals surface area contributed by atoms with Crippen LogP contribution < -0.4 is 5.32 Å². The maximum atomic E-state index is 10.6. The van der Waals surface area contributed by atoms with Crippen LogP contribution >= 0.6 is 23.2 Å². The number of anilines is 1. The highest BCUT2D eigenvalue weighted by Gasteiger charge is 2.19. The summed E-state index contributed by atoms with van der Waals surface area (Å²) in [6.45, 7) is 2.31. The second kappa shape index (κ2) is 4.43. The highest BCUT2D eigenvalue weighted by atomic mass is 35.5. The molecule has 0 saturated heterocycles. The molecule has 0 atom stereocenters. The van der Waals surface area contributed by atoms with Crippen LogP contribution in [0.3, 0.4) is 0 Å². The number of rotatable bonds is 3. The van der Waals surface area contributed by atoms with Gasteiger partial charge >= 0.3 is 5.69 Å². The van der Waals surface area contributed by atoms with Gasteiger partial charge in [-0.3, -0.25) is 10.1 Å². The van der Waals surface area contributed by atoms with Gasteiger partial charge in [-0.05, 0) is 6.92 Å². The van der Waals surface area contributed by atoms with E-state index in [4.69, 9.17) is 23.2 Å². The number of pyridine rings is 1. The summed E-state index contributed by atoms with van der Waals surface area (Å²) in [7, 11) is 0. The van der Waals surface area contributed by atoms with Crippen molar-refractivity contribution in [3.8, 4) is 0 Å². The number of aromatic nitrogens is 1. The van der Waals surface area contributed by atoms with E-state index in [1.165, 1.54) is 0 Å². The summed E-state index contributed by atoms with van der Waals surface area (Å²) in [6.07, 6.45) is 1.08. The monoisotopic (exact) mass is 235 g/mol. The van der Waals surface area contributed by atoms with Crippen molar-refractivity contribution in [2.45, 2.75) is 6.92 Å². The van der Waals surface area contributed by atoms with Crippen molar-refractivity contribution in [2.24, 2.45) is 0 Å². The quantitative estimate of drug-likeness (QED) is 0.497. The molecule has 0 aromatic carbocycles. The Morgan fingerprint density at radius 1 is 1.64 bits per heavy atom. The van der Waals surface area contributed by atoms with Crippen molar-refractivity contribution in [3.05, 3.63) is 26.5 Å². The molecule has 1 aromatic rings. The van der Waals surface area contributed by atoms with Gasteiger partial charge in [-0.1, -0.05) is 23.2 Å². The van der Waals surface area contributed by atoms with E-state index in [2.05, 4.69) is 10.3 Å². The summed E-state index contributed by atoms with van der Waals surface area (Å²) < 4.78 is 0. The lowest BCUT2D eigenvalue weighted by molar-refractivity contribution is -0.384. The van der Waals surface area contributed by atoms with Gasteiger partial charge < -0.3 is 5.32 Å². The van der Waals surface area contributed by atoms with Gasteiger partial charge in [0.05, 0.1) is 4.92 Å². The van der Waals surface area contributed by atoms with Crippen LogP contribution in [0.1, 0.15) is 6.92 Å². The molecule has 1 rings (SSSR count). The Labute approximate surface area is 90.2 Å². The average Bonchev–Trinajstić information content (AvgIpc) is 2.13. The molecule has 0 aliphatic rings. The van der Waals surface area contributed by atoms with E-state index in [1.54, 1.807) is 6.92 Å². The molecule has 0 bridgehead atoms. The van der Waals surface area contributed by atoms with E-state index in [0.29, 0.717) is 6.54 Å². The third-order valence-electron chi connectivity index (χ3n) is 1.51. The highest BCUT2D eigenvalue weighted by molar-refractivity contribution is 6.43. The van der Waals surface area contributed by atoms with Crippen LogP contribution in [0.15, 0.2) is 6.20 Å². The molecule has 5 nitrogen and oxygen atoms in total. The summed E-state index contributed by atoms with van der Waals surface area (Å²) in [5, 5.41) is 13.5. The van der Waals surface area contributed by atoms with E-state index in [0.717, 1.165) is 6.20 Å². The molecule has 0 spiro atoms. The number of nitrogens with zero attached hydrogens (tertiary/aromatic N) is 2. The minimum Gasteiger partial charge on any atom is -0.378 e. The fourth-order valence-electron chi connectivity index (χ4n) is 0.938. The van der Waals surface area contributed by atoms with E-state index in [9.17, 15) is 10.1 Å². The van der Waals surface area contributed by atoms with Crippen LogP contribution in [0.2, 0.25) is 10.2 Å². The standard InChI is InChI=1S/C7H7Cl2N3O2/c1-2-10-6-4(12(13)14)3-11-7(9)5(6)8/h3H,2H2,1H3,(H,10,11). The first-order valence-electron chi connectivity index (χ1n) is 3.80. The van der Waals surface area contributed by atoms with Gasteiger partial charge in [0.1, 0.15) is 22.1 Å². The summed E-state index contributed by atoms with van der Waals surface area (Å²) in [5.41, 5.74) is 0.0282. The zero-order chi connectivity index (χ0) is 10.7. The van der Waals surface area contributed by atoms with Crippen molar-refractivity contribution in [1.82, 2.24) is 4.98 Å². The predicted molar refractivity (Wildman–Crippen MR) is 55.1 cm³/mol. The predicted octanol–water partition coefficient (Wildman–Crippen LogP) is 2.73. The van der Waals surface area contributed by atoms with Crippen molar-refractivity contribution in [2.75, 3.05) is 11.9 Å². The maximum absolute atomic E-state index is 10.6. The van der Waals surface area contributed by atoms with Gasteiger partial charge in [-0.25, -0.2) is 4.98 Å². The molecule has 76 valence electrons. The smallest absolute Gasteiger partial charge is 0.312 e. The number of hydrogen-bond acceptors (Lipinski definition) is 4. The molecule has 7 heteroatoms. The van der Waals surface area contributed by atoms with Crippen LogP contribution in [0, 0.1) is 10.1 Å². The fourth-order valence-corrected chi connectivity index (χ4v) is 1.29. The highest BCUT2D eigenvalue weighted by Crippen LogP contribution is 2.35. The Morgan fingerprint density at radius 3 is 2.79 bits per heavy atom. The molecule has 14 heavy (non-hydrogen) atoms. The maximum Gasteiger partial charge on any atom is 0.312 e. The molecule has 0 aliphatic heterocycles. The molecule has 1 N–H and O–H groups in total. The van der Waals surface area contributed by atoms with E-state index < -0.39 is 4.92 Å². The topological polar surface area (TPSA) is 68.1 Å².